The average Bonchev–Trinajstić information content (AvgIpc) is 2.75. The van der Waals surface area contributed by atoms with Crippen molar-refractivity contribution in [1.29, 1.82) is 0 Å². The molecule has 4 nitrogen and oxygen atoms in total. The van der Waals surface area contributed by atoms with E-state index in [1.54, 1.807) is 6.08 Å². The molecule has 0 fully saturated rings. The molecule has 2 aromatic rings. The number of carbonyl (C=O) groups is 1. The monoisotopic (exact) mass is 261 g/mol. The van der Waals surface area contributed by atoms with Crippen LogP contribution in [0.5, 0.6) is 0 Å². The Hall–Kier alpha value is -1.75. The molecule has 0 saturated carbocycles. The van der Waals surface area contributed by atoms with Crippen LogP contribution in [0.1, 0.15) is 5.56 Å². The number of carbonyl (C=O) groups excluding carboxylic acids is 1. The van der Waals surface area contributed by atoms with Crippen LogP contribution < -0.4 is 5.32 Å². The van der Waals surface area contributed by atoms with E-state index in [-0.39, 0.29) is 5.91 Å². The molecule has 0 bridgehead atoms. The number of nitrogens with zero attached hydrogens (tertiary/aromatic N) is 1. The smallest absolute Gasteiger partial charge is 0.230 e. The van der Waals surface area contributed by atoms with Gasteiger partial charge in [0.1, 0.15) is 0 Å². The van der Waals surface area contributed by atoms with Crippen molar-refractivity contribution in [1.82, 2.24) is 15.3 Å². The Morgan fingerprint density at radius 3 is 3.22 bits per heavy atom. The minimum atomic E-state index is -0.0171. The molecule has 1 aromatic carbocycles. The molecule has 0 atom stereocenters. The normalized spacial score (nSPS) is 10.5. The highest BCUT2D eigenvalue weighted by atomic mass is 32.2. The standard InChI is InChI=1S/C13H15N3OS/c1-3-6-14-12(17)8-18-13-15-10-5-4-9(2)7-11(10)16-13/h3-5,7H,1,6,8H2,2H3,(H,14,17)(H,15,16). The Kier molecular flexibility index (Phi) is 4.04. The van der Waals surface area contributed by atoms with Crippen LogP contribution in [-0.2, 0) is 4.79 Å². The van der Waals surface area contributed by atoms with Crippen molar-refractivity contribution in [3.63, 3.8) is 0 Å². The van der Waals surface area contributed by atoms with Gasteiger partial charge in [-0.2, -0.15) is 0 Å². The fraction of sp³-hybridized carbons (Fsp3) is 0.231. The first kappa shape index (κ1) is 12.7. The molecule has 2 rings (SSSR count). The molecule has 1 amide bonds. The molecule has 5 heteroatoms. The van der Waals surface area contributed by atoms with E-state index in [1.807, 2.05) is 25.1 Å². The van der Waals surface area contributed by atoms with Gasteiger partial charge in [-0.05, 0) is 24.6 Å². The van der Waals surface area contributed by atoms with Gasteiger partial charge >= 0.3 is 0 Å². The van der Waals surface area contributed by atoms with Crippen LogP contribution in [0, 0.1) is 6.92 Å². The van der Waals surface area contributed by atoms with Crippen molar-refractivity contribution in [2.45, 2.75) is 12.1 Å². The van der Waals surface area contributed by atoms with Gasteiger partial charge in [-0.15, -0.1) is 6.58 Å². The molecular weight excluding hydrogens is 246 g/mol. The molecular formula is C13H15N3OS. The summed E-state index contributed by atoms with van der Waals surface area (Å²) in [7, 11) is 0. The summed E-state index contributed by atoms with van der Waals surface area (Å²) in [4.78, 5) is 19.0. The highest BCUT2D eigenvalue weighted by Crippen LogP contribution is 2.19. The molecule has 0 aliphatic carbocycles. The van der Waals surface area contributed by atoms with Crippen LogP contribution >= 0.6 is 11.8 Å². The van der Waals surface area contributed by atoms with E-state index in [1.165, 1.54) is 17.3 Å². The Balaban J connectivity index is 1.99. The molecule has 0 unspecified atom stereocenters. The van der Waals surface area contributed by atoms with Crippen molar-refractivity contribution >= 4 is 28.7 Å². The van der Waals surface area contributed by atoms with E-state index in [4.69, 9.17) is 0 Å². The minimum Gasteiger partial charge on any atom is -0.352 e. The summed E-state index contributed by atoms with van der Waals surface area (Å²) in [5.74, 6) is 0.337. The van der Waals surface area contributed by atoms with Crippen LogP contribution in [-0.4, -0.2) is 28.2 Å². The van der Waals surface area contributed by atoms with Crippen LogP contribution in [0.2, 0.25) is 0 Å². The lowest BCUT2D eigenvalue weighted by Gasteiger charge is -1.99. The maximum absolute atomic E-state index is 11.4. The van der Waals surface area contributed by atoms with E-state index >= 15 is 0 Å². The van der Waals surface area contributed by atoms with E-state index in [0.29, 0.717) is 12.3 Å². The lowest BCUT2D eigenvalue weighted by atomic mass is 10.2. The summed E-state index contributed by atoms with van der Waals surface area (Å²) < 4.78 is 0. The number of fused-ring (bicyclic) bond motifs is 1. The van der Waals surface area contributed by atoms with Crippen molar-refractivity contribution in [2.24, 2.45) is 0 Å². The van der Waals surface area contributed by atoms with Crippen molar-refractivity contribution in [2.75, 3.05) is 12.3 Å². The van der Waals surface area contributed by atoms with Gasteiger partial charge in [0.05, 0.1) is 16.8 Å². The molecule has 0 radical (unpaired) electrons. The number of aryl methyl sites for hydroxylation is 1. The van der Waals surface area contributed by atoms with Gasteiger partial charge in [0.2, 0.25) is 5.91 Å². The Labute approximate surface area is 110 Å². The summed E-state index contributed by atoms with van der Waals surface area (Å²) in [6.45, 7) is 6.08. The molecule has 0 saturated heterocycles. The first-order chi connectivity index (χ1) is 8.69. The third-order valence-electron chi connectivity index (χ3n) is 2.40. The van der Waals surface area contributed by atoms with Gasteiger partial charge in [0.25, 0.3) is 0 Å². The van der Waals surface area contributed by atoms with Crippen molar-refractivity contribution < 1.29 is 4.79 Å². The number of amides is 1. The fourth-order valence-corrected chi connectivity index (χ4v) is 2.25. The number of aromatic amines is 1. The Bertz CT molecular complexity index is 577. The summed E-state index contributed by atoms with van der Waals surface area (Å²) >= 11 is 1.40. The number of nitrogens with one attached hydrogen (secondary N) is 2. The fourth-order valence-electron chi connectivity index (χ4n) is 1.54. The zero-order valence-corrected chi connectivity index (χ0v) is 11.0. The number of thioether (sulfide) groups is 1. The third kappa shape index (κ3) is 3.13. The Morgan fingerprint density at radius 2 is 2.44 bits per heavy atom. The quantitative estimate of drug-likeness (QED) is 0.641. The predicted molar refractivity (Wildman–Crippen MR) is 74.8 cm³/mol. The zero-order valence-electron chi connectivity index (χ0n) is 10.2. The van der Waals surface area contributed by atoms with Crippen LogP contribution in [0.4, 0.5) is 0 Å². The molecule has 2 N–H and O–H groups in total. The van der Waals surface area contributed by atoms with Crippen molar-refractivity contribution in [3.05, 3.63) is 36.4 Å². The number of rotatable bonds is 5. The van der Waals surface area contributed by atoms with Gasteiger partial charge in [-0.25, -0.2) is 4.98 Å². The number of H-pyrrole nitrogens is 1. The molecule has 0 aliphatic rings. The molecule has 1 heterocycles. The first-order valence-electron chi connectivity index (χ1n) is 5.66. The predicted octanol–water partition coefficient (Wildman–Crippen LogP) is 2.27. The van der Waals surface area contributed by atoms with E-state index in [2.05, 4.69) is 21.9 Å². The largest absolute Gasteiger partial charge is 0.352 e. The third-order valence-corrected chi connectivity index (χ3v) is 3.27. The number of aromatic nitrogens is 2. The topological polar surface area (TPSA) is 57.8 Å². The van der Waals surface area contributed by atoms with Crippen LogP contribution in [0.25, 0.3) is 11.0 Å². The van der Waals surface area contributed by atoms with Crippen LogP contribution in [0.3, 0.4) is 0 Å². The Morgan fingerprint density at radius 1 is 1.61 bits per heavy atom. The second kappa shape index (κ2) is 5.73. The summed E-state index contributed by atoms with van der Waals surface area (Å²) in [6, 6.07) is 6.04. The summed E-state index contributed by atoms with van der Waals surface area (Å²) in [5.41, 5.74) is 3.12. The SMILES string of the molecule is C=CCNC(=O)CSc1nc2ccc(C)cc2[nH]1. The van der Waals surface area contributed by atoms with Gasteiger partial charge in [-0.3, -0.25) is 4.79 Å². The first-order valence-corrected chi connectivity index (χ1v) is 6.64. The average molecular weight is 261 g/mol. The zero-order chi connectivity index (χ0) is 13.0. The highest BCUT2D eigenvalue weighted by Gasteiger charge is 2.06. The number of benzene rings is 1. The molecule has 94 valence electrons. The highest BCUT2D eigenvalue weighted by molar-refractivity contribution is 7.99. The molecule has 0 aliphatic heterocycles. The lowest BCUT2D eigenvalue weighted by molar-refractivity contribution is -0.118. The molecule has 0 spiro atoms. The second-order valence-electron chi connectivity index (χ2n) is 3.94. The van der Waals surface area contributed by atoms with Gasteiger partial charge in [-0.1, -0.05) is 23.9 Å². The summed E-state index contributed by atoms with van der Waals surface area (Å²) in [5, 5.41) is 3.49. The summed E-state index contributed by atoms with van der Waals surface area (Å²) in [6.07, 6.45) is 1.66. The van der Waals surface area contributed by atoms with Crippen LogP contribution in [0.15, 0.2) is 36.0 Å². The minimum absolute atomic E-state index is 0.0171. The number of hydrogen-bond donors (Lipinski definition) is 2. The number of hydrogen-bond acceptors (Lipinski definition) is 3. The van der Waals surface area contributed by atoms with Crippen molar-refractivity contribution in [3.8, 4) is 0 Å². The van der Waals surface area contributed by atoms with E-state index < -0.39 is 0 Å². The van der Waals surface area contributed by atoms with E-state index in [0.717, 1.165) is 16.2 Å². The van der Waals surface area contributed by atoms with Gasteiger partial charge < -0.3 is 10.3 Å². The molecule has 1 aromatic heterocycles. The van der Waals surface area contributed by atoms with Gasteiger partial charge in [0.15, 0.2) is 5.16 Å². The van der Waals surface area contributed by atoms with E-state index in [9.17, 15) is 4.79 Å². The second-order valence-corrected chi connectivity index (χ2v) is 4.91. The maximum Gasteiger partial charge on any atom is 0.230 e. The van der Waals surface area contributed by atoms with Gasteiger partial charge in [0, 0.05) is 6.54 Å². The number of imidazole rings is 1. The maximum atomic E-state index is 11.4. The molecule has 18 heavy (non-hydrogen) atoms. The lowest BCUT2D eigenvalue weighted by Crippen LogP contribution is -2.24.